The van der Waals surface area contributed by atoms with Crippen molar-refractivity contribution >= 4 is 64.7 Å². The second-order valence-electron chi connectivity index (χ2n) is 7.98. The van der Waals surface area contributed by atoms with Crippen molar-refractivity contribution in [3.05, 3.63) is 90.0 Å². The molecule has 1 nitrogen and oxygen atoms in total. The Labute approximate surface area is 184 Å². The summed E-state index contributed by atoms with van der Waals surface area (Å²) in [6.07, 6.45) is 1.02. The maximum Gasteiger partial charge on any atom is 0.122 e. The van der Waals surface area contributed by atoms with Crippen LogP contribution in [-0.4, -0.2) is 5.17 Å². The van der Waals surface area contributed by atoms with Gasteiger partial charge in [0, 0.05) is 22.1 Å². The Bertz CT molecular complexity index is 1460. The summed E-state index contributed by atoms with van der Waals surface area (Å²) < 4.78 is 1.29. The van der Waals surface area contributed by atoms with Crippen LogP contribution in [0.3, 0.4) is 0 Å². The van der Waals surface area contributed by atoms with Gasteiger partial charge in [-0.2, -0.15) is 0 Å². The number of thiophene rings is 1. The monoisotopic (exact) mass is 425 g/mol. The molecule has 1 aliphatic rings. The molecule has 30 heavy (non-hydrogen) atoms. The van der Waals surface area contributed by atoms with Crippen LogP contribution in [0.1, 0.15) is 36.3 Å². The zero-order valence-electron chi connectivity index (χ0n) is 16.6. The van der Waals surface area contributed by atoms with E-state index in [1.54, 1.807) is 11.3 Å². The van der Waals surface area contributed by atoms with Crippen molar-refractivity contribution in [2.75, 3.05) is 0 Å². The average Bonchev–Trinajstić information content (AvgIpc) is 3.15. The van der Waals surface area contributed by atoms with E-state index in [1.165, 1.54) is 42.8 Å². The summed E-state index contributed by atoms with van der Waals surface area (Å²) in [7, 11) is 0. The molecule has 4 aromatic carbocycles. The summed E-state index contributed by atoms with van der Waals surface area (Å²) in [5, 5.41) is 8.21. The van der Waals surface area contributed by atoms with Crippen LogP contribution in [0.15, 0.2) is 83.9 Å². The van der Waals surface area contributed by atoms with E-state index in [2.05, 4.69) is 85.8 Å². The van der Waals surface area contributed by atoms with Crippen molar-refractivity contribution in [3.8, 4) is 0 Å². The van der Waals surface area contributed by atoms with Gasteiger partial charge >= 0.3 is 0 Å². The lowest BCUT2D eigenvalue weighted by molar-refractivity contribution is 0.628. The smallest absolute Gasteiger partial charge is 0.122 e. The highest BCUT2D eigenvalue weighted by Gasteiger charge is 2.36. The molecule has 6 rings (SSSR count). The van der Waals surface area contributed by atoms with Crippen LogP contribution in [0.4, 0.5) is 5.00 Å². The Morgan fingerprint density at radius 1 is 0.833 bits per heavy atom. The number of nitrogens with zero attached hydrogens (tertiary/aromatic N) is 1. The molecule has 1 aromatic heterocycles. The topological polar surface area (TPSA) is 12.4 Å². The van der Waals surface area contributed by atoms with E-state index in [0.29, 0.717) is 11.1 Å². The Balaban J connectivity index is 1.66. The number of hydrogen-bond acceptors (Lipinski definition) is 2. The molecule has 0 aliphatic carbocycles. The third-order valence-corrected chi connectivity index (χ3v) is 7.83. The van der Waals surface area contributed by atoms with Gasteiger partial charge in [-0.25, -0.2) is 4.99 Å². The molecule has 2 unspecified atom stereocenters. The predicted octanol–water partition coefficient (Wildman–Crippen LogP) is 8.77. The lowest BCUT2D eigenvalue weighted by Gasteiger charge is -2.31. The molecule has 0 bridgehead atoms. The highest BCUT2D eigenvalue weighted by molar-refractivity contribution is 7.23. The van der Waals surface area contributed by atoms with Crippen molar-refractivity contribution < 1.29 is 0 Å². The quantitative estimate of drug-likeness (QED) is 0.250. The van der Waals surface area contributed by atoms with Crippen LogP contribution in [0.5, 0.6) is 0 Å². The molecule has 3 heteroatoms. The Morgan fingerprint density at radius 2 is 1.50 bits per heavy atom. The van der Waals surface area contributed by atoms with Gasteiger partial charge in [-0.3, -0.25) is 0 Å². The van der Waals surface area contributed by atoms with Gasteiger partial charge in [0.15, 0.2) is 0 Å². The lowest BCUT2D eigenvalue weighted by Crippen LogP contribution is -2.20. The summed E-state index contributed by atoms with van der Waals surface area (Å²) in [6.45, 7) is 2.27. The average molecular weight is 426 g/mol. The molecule has 0 fully saturated rings. The van der Waals surface area contributed by atoms with E-state index in [4.69, 9.17) is 16.6 Å². The van der Waals surface area contributed by atoms with E-state index in [-0.39, 0.29) is 5.92 Å². The van der Waals surface area contributed by atoms with Gasteiger partial charge in [0.25, 0.3) is 0 Å². The molecule has 1 aliphatic heterocycles. The third kappa shape index (κ3) is 2.57. The number of aliphatic imine (C=N–C) groups is 1. The first-order valence-electron chi connectivity index (χ1n) is 10.4. The second kappa shape index (κ2) is 6.94. The van der Waals surface area contributed by atoms with Crippen molar-refractivity contribution in [1.29, 1.82) is 0 Å². The first kappa shape index (κ1) is 18.1. The zero-order valence-corrected chi connectivity index (χ0v) is 18.2. The van der Waals surface area contributed by atoms with Gasteiger partial charge < -0.3 is 0 Å². The molecule has 0 amide bonds. The molecule has 2 atom stereocenters. The van der Waals surface area contributed by atoms with Crippen molar-refractivity contribution in [2.24, 2.45) is 4.99 Å². The van der Waals surface area contributed by atoms with Crippen LogP contribution < -0.4 is 0 Å². The van der Waals surface area contributed by atoms with Gasteiger partial charge in [0.2, 0.25) is 0 Å². The van der Waals surface area contributed by atoms with Crippen molar-refractivity contribution in [1.82, 2.24) is 0 Å². The van der Waals surface area contributed by atoms with Gasteiger partial charge in [-0.15, -0.1) is 11.3 Å². The first-order chi connectivity index (χ1) is 14.8. The molecule has 0 N–H and O–H groups in total. The minimum atomic E-state index is 0.0664. The predicted molar refractivity (Wildman–Crippen MR) is 132 cm³/mol. The van der Waals surface area contributed by atoms with Crippen molar-refractivity contribution in [3.63, 3.8) is 0 Å². The third-order valence-electron chi connectivity index (χ3n) is 6.43. The molecule has 5 aromatic rings. The number of hydrogen-bond donors (Lipinski definition) is 0. The van der Waals surface area contributed by atoms with E-state index in [9.17, 15) is 0 Å². The second-order valence-corrected chi connectivity index (χ2v) is 9.39. The lowest BCUT2D eigenvalue weighted by atomic mass is 9.76. The standard InChI is InChI=1S/C27H20ClNS/c1-2-17-24(26(28)29-27-25(17)21-13-7-8-14-23(21)30-27)22-15-16-9-3-4-10-18(16)19-11-5-6-12-20(19)22/h3-15,17,24H,2H2,1H3. The Morgan fingerprint density at radius 3 is 2.30 bits per heavy atom. The summed E-state index contributed by atoms with van der Waals surface area (Å²) in [5.41, 5.74) is 2.65. The first-order valence-corrected chi connectivity index (χ1v) is 11.6. The summed E-state index contributed by atoms with van der Waals surface area (Å²) in [4.78, 5) is 4.93. The molecule has 2 heterocycles. The summed E-state index contributed by atoms with van der Waals surface area (Å²) >= 11 is 8.71. The van der Waals surface area contributed by atoms with E-state index in [1.807, 2.05) is 0 Å². The number of fused-ring (bicyclic) bond motifs is 6. The van der Waals surface area contributed by atoms with Crippen LogP contribution in [-0.2, 0) is 0 Å². The molecule has 146 valence electrons. The van der Waals surface area contributed by atoms with Gasteiger partial charge in [0.1, 0.15) is 10.2 Å². The maximum atomic E-state index is 6.95. The normalized spacial score (nSPS) is 18.7. The van der Waals surface area contributed by atoms with Gasteiger partial charge in [-0.1, -0.05) is 85.3 Å². The summed E-state index contributed by atoms with van der Waals surface area (Å²) in [5.74, 6) is 0.377. The zero-order chi connectivity index (χ0) is 20.2. The fourth-order valence-corrected chi connectivity index (χ4v) is 6.68. The minimum Gasteiger partial charge on any atom is -0.229 e. The van der Waals surface area contributed by atoms with E-state index >= 15 is 0 Å². The van der Waals surface area contributed by atoms with Gasteiger partial charge in [0.05, 0.1) is 0 Å². The molecule has 0 saturated carbocycles. The Hall–Kier alpha value is -2.68. The highest BCUT2D eigenvalue weighted by Crippen LogP contribution is 2.53. The number of benzene rings is 4. The minimum absolute atomic E-state index is 0.0664. The molecule has 0 saturated heterocycles. The fraction of sp³-hybridized carbons (Fsp3) is 0.148. The molecular formula is C27H20ClNS. The molecular weight excluding hydrogens is 406 g/mol. The van der Waals surface area contributed by atoms with E-state index < -0.39 is 0 Å². The number of rotatable bonds is 2. The largest absolute Gasteiger partial charge is 0.229 e. The van der Waals surface area contributed by atoms with Crippen molar-refractivity contribution in [2.45, 2.75) is 25.2 Å². The van der Waals surface area contributed by atoms with E-state index in [0.717, 1.165) is 11.4 Å². The highest BCUT2D eigenvalue weighted by atomic mass is 35.5. The SMILES string of the molecule is CCC1c2c(sc3ccccc23)N=C(Cl)C1c1cc2ccccc2c2ccccc12. The molecule has 0 spiro atoms. The van der Waals surface area contributed by atoms with Crippen LogP contribution in [0.2, 0.25) is 0 Å². The fourth-order valence-electron chi connectivity index (χ4n) is 5.12. The maximum absolute atomic E-state index is 6.95. The van der Waals surface area contributed by atoms with Crippen LogP contribution in [0.25, 0.3) is 31.6 Å². The summed E-state index contributed by atoms with van der Waals surface area (Å²) in [6, 6.07) is 28.3. The molecule has 0 radical (unpaired) electrons. The van der Waals surface area contributed by atoms with Gasteiger partial charge in [-0.05, 0) is 51.0 Å². The number of halogens is 1. The van der Waals surface area contributed by atoms with Crippen LogP contribution >= 0.6 is 22.9 Å². The Kier molecular flexibility index (Phi) is 4.19. The van der Waals surface area contributed by atoms with Crippen LogP contribution in [0, 0.1) is 0 Å².